The highest BCUT2D eigenvalue weighted by Crippen LogP contribution is 2.19. The number of β-amino-alcohol motifs (C(OH)–C–C–N with tert-alkyl or cyclic N) is 1. The first-order chi connectivity index (χ1) is 8.62. The summed E-state index contributed by atoms with van der Waals surface area (Å²) in [5.74, 6) is -1.74. The second-order valence-corrected chi connectivity index (χ2v) is 5.35. The van der Waals surface area contributed by atoms with Crippen LogP contribution in [0.25, 0.3) is 0 Å². The van der Waals surface area contributed by atoms with Gasteiger partial charge in [0, 0.05) is 24.9 Å². The van der Waals surface area contributed by atoms with Crippen molar-refractivity contribution in [2.75, 3.05) is 6.54 Å². The van der Waals surface area contributed by atoms with Gasteiger partial charge in [-0.25, -0.2) is 9.59 Å². The van der Waals surface area contributed by atoms with E-state index in [-0.39, 0.29) is 19.4 Å². The molecule has 5 N–H and O–H groups in total. The molecule has 1 aliphatic rings. The third-order valence-corrected chi connectivity index (χ3v) is 2.89. The van der Waals surface area contributed by atoms with Crippen LogP contribution >= 0.6 is 0 Å². The number of carbonyl (C=O) groups is 3. The van der Waals surface area contributed by atoms with Crippen molar-refractivity contribution in [3.8, 4) is 0 Å². The lowest BCUT2D eigenvalue weighted by Crippen LogP contribution is -2.54. The van der Waals surface area contributed by atoms with E-state index in [0.717, 1.165) is 4.90 Å². The lowest BCUT2D eigenvalue weighted by molar-refractivity contribution is -0.141. The summed E-state index contributed by atoms with van der Waals surface area (Å²) >= 11 is 0. The van der Waals surface area contributed by atoms with Crippen LogP contribution < -0.4 is 11.1 Å². The zero-order valence-corrected chi connectivity index (χ0v) is 10.9. The molecule has 0 saturated carbocycles. The van der Waals surface area contributed by atoms with Crippen molar-refractivity contribution in [2.24, 2.45) is 5.73 Å². The number of aliphatic carboxylic acids is 1. The largest absolute Gasteiger partial charge is 0.480 e. The second kappa shape index (κ2) is 5.43. The van der Waals surface area contributed by atoms with Gasteiger partial charge in [-0.3, -0.25) is 4.79 Å². The Kier molecular flexibility index (Phi) is 4.35. The molecule has 2 unspecified atom stereocenters. The number of aliphatic hydroxyl groups is 1. The maximum atomic E-state index is 12.0. The van der Waals surface area contributed by atoms with Crippen LogP contribution in [-0.4, -0.2) is 57.3 Å². The molecule has 8 nitrogen and oxygen atoms in total. The zero-order chi connectivity index (χ0) is 14.8. The smallest absolute Gasteiger partial charge is 0.326 e. The minimum absolute atomic E-state index is 0.000991. The molecule has 0 radical (unpaired) electrons. The van der Waals surface area contributed by atoms with Crippen LogP contribution in [0.4, 0.5) is 4.79 Å². The van der Waals surface area contributed by atoms with Gasteiger partial charge in [-0.1, -0.05) is 0 Å². The highest BCUT2D eigenvalue weighted by atomic mass is 16.4. The summed E-state index contributed by atoms with van der Waals surface area (Å²) in [6, 6.07) is -1.69. The summed E-state index contributed by atoms with van der Waals surface area (Å²) in [6.45, 7) is 3.17. The van der Waals surface area contributed by atoms with Crippen molar-refractivity contribution >= 4 is 17.9 Å². The number of carboxylic acid groups (broad SMARTS) is 1. The fraction of sp³-hybridized carbons (Fsp3) is 0.727. The highest BCUT2D eigenvalue weighted by Gasteiger charge is 2.40. The van der Waals surface area contributed by atoms with Crippen LogP contribution in [0.1, 0.15) is 26.7 Å². The number of hydrogen-bond acceptors (Lipinski definition) is 4. The van der Waals surface area contributed by atoms with Gasteiger partial charge in [-0.2, -0.15) is 0 Å². The molecule has 0 bridgehead atoms. The van der Waals surface area contributed by atoms with Crippen LogP contribution in [0.2, 0.25) is 0 Å². The number of urea groups is 1. The first-order valence-electron chi connectivity index (χ1n) is 5.90. The van der Waals surface area contributed by atoms with Crippen LogP contribution in [0.5, 0.6) is 0 Å². The number of carboxylic acids is 1. The van der Waals surface area contributed by atoms with Crippen molar-refractivity contribution in [1.82, 2.24) is 10.2 Å². The predicted octanol–water partition coefficient (Wildman–Crippen LogP) is -1.13. The van der Waals surface area contributed by atoms with Crippen molar-refractivity contribution in [1.29, 1.82) is 0 Å². The second-order valence-electron chi connectivity index (χ2n) is 5.35. The summed E-state index contributed by atoms with van der Waals surface area (Å²) in [5, 5.41) is 21.0. The summed E-state index contributed by atoms with van der Waals surface area (Å²) in [4.78, 5) is 34.9. The van der Waals surface area contributed by atoms with Crippen LogP contribution in [0.15, 0.2) is 0 Å². The number of amides is 3. The van der Waals surface area contributed by atoms with Gasteiger partial charge >= 0.3 is 12.0 Å². The number of aliphatic hydroxyl groups excluding tert-OH is 1. The number of primary amides is 1. The van der Waals surface area contributed by atoms with Crippen LogP contribution in [0.3, 0.4) is 0 Å². The molecule has 108 valence electrons. The molecular formula is C11H19N3O5. The average molecular weight is 273 g/mol. The maximum absolute atomic E-state index is 12.0. The first kappa shape index (κ1) is 15.2. The van der Waals surface area contributed by atoms with E-state index < -0.39 is 35.6 Å². The predicted molar refractivity (Wildman–Crippen MR) is 65.2 cm³/mol. The van der Waals surface area contributed by atoms with E-state index in [2.05, 4.69) is 5.32 Å². The van der Waals surface area contributed by atoms with Gasteiger partial charge in [-0.15, -0.1) is 0 Å². The van der Waals surface area contributed by atoms with E-state index in [1.54, 1.807) is 13.8 Å². The Morgan fingerprint density at radius 1 is 1.42 bits per heavy atom. The van der Waals surface area contributed by atoms with E-state index in [0.29, 0.717) is 0 Å². The van der Waals surface area contributed by atoms with E-state index in [1.807, 2.05) is 0 Å². The summed E-state index contributed by atoms with van der Waals surface area (Å²) in [7, 11) is 0. The fourth-order valence-electron chi connectivity index (χ4n) is 2.11. The number of nitrogens with two attached hydrogens (primary N) is 1. The molecule has 0 aliphatic carbocycles. The molecule has 1 fully saturated rings. The monoisotopic (exact) mass is 273 g/mol. The number of hydrogen-bond donors (Lipinski definition) is 4. The Balaban J connectivity index is 2.71. The molecule has 3 amide bonds. The molecule has 1 rings (SSSR count). The zero-order valence-electron chi connectivity index (χ0n) is 10.9. The van der Waals surface area contributed by atoms with E-state index >= 15 is 0 Å². The van der Waals surface area contributed by atoms with Gasteiger partial charge in [0.25, 0.3) is 0 Å². The summed E-state index contributed by atoms with van der Waals surface area (Å²) in [6.07, 6.45) is -0.919. The lowest BCUT2D eigenvalue weighted by atomic mass is 10.0. The quantitative estimate of drug-likeness (QED) is 0.514. The Hall–Kier alpha value is -1.83. The molecule has 1 aliphatic heterocycles. The Morgan fingerprint density at radius 2 is 2.00 bits per heavy atom. The molecule has 19 heavy (non-hydrogen) atoms. The molecule has 0 spiro atoms. The minimum atomic E-state index is -1.17. The van der Waals surface area contributed by atoms with E-state index in [1.165, 1.54) is 0 Å². The Morgan fingerprint density at radius 3 is 2.47 bits per heavy atom. The third kappa shape index (κ3) is 4.09. The minimum Gasteiger partial charge on any atom is -0.480 e. The maximum Gasteiger partial charge on any atom is 0.326 e. The first-order valence-corrected chi connectivity index (χ1v) is 5.90. The normalized spacial score (nSPS) is 23.2. The van der Waals surface area contributed by atoms with Crippen LogP contribution in [0, 0.1) is 0 Å². The van der Waals surface area contributed by atoms with Crippen molar-refractivity contribution in [3.63, 3.8) is 0 Å². The topological polar surface area (TPSA) is 133 Å². The molecule has 0 aromatic heterocycles. The van der Waals surface area contributed by atoms with Crippen molar-refractivity contribution in [3.05, 3.63) is 0 Å². The number of nitrogens with one attached hydrogen (secondary N) is 1. The molecule has 8 heteroatoms. The SMILES string of the molecule is CC(C)(CC(N)=O)NC(=O)N1CC(O)CC1C(=O)O. The number of carbonyl (C=O) groups excluding carboxylic acids is 2. The number of nitrogens with zero attached hydrogens (tertiary/aromatic N) is 1. The number of rotatable bonds is 4. The van der Waals surface area contributed by atoms with Crippen LogP contribution in [-0.2, 0) is 9.59 Å². The van der Waals surface area contributed by atoms with Crippen molar-refractivity contribution < 1.29 is 24.6 Å². The Labute approximate surface area is 110 Å². The van der Waals surface area contributed by atoms with Crippen molar-refractivity contribution in [2.45, 2.75) is 44.4 Å². The standard InChI is InChI=1S/C11H19N3O5/c1-11(2,4-8(12)16)13-10(19)14-5-6(15)3-7(14)9(17)18/h6-7,15H,3-5H2,1-2H3,(H2,12,16)(H,13,19)(H,17,18). The van der Waals surface area contributed by atoms with Gasteiger partial charge < -0.3 is 26.2 Å². The number of likely N-dealkylation sites (tertiary alicyclic amines) is 1. The molecule has 0 aromatic carbocycles. The lowest BCUT2D eigenvalue weighted by Gasteiger charge is -2.29. The van der Waals surface area contributed by atoms with E-state index in [4.69, 9.17) is 10.8 Å². The van der Waals surface area contributed by atoms with Gasteiger partial charge in [0.15, 0.2) is 0 Å². The molecular weight excluding hydrogens is 254 g/mol. The summed E-state index contributed by atoms with van der Waals surface area (Å²) < 4.78 is 0. The van der Waals surface area contributed by atoms with Gasteiger partial charge in [-0.05, 0) is 13.8 Å². The third-order valence-electron chi connectivity index (χ3n) is 2.89. The average Bonchev–Trinajstić information content (AvgIpc) is 2.57. The van der Waals surface area contributed by atoms with Gasteiger partial charge in [0.1, 0.15) is 6.04 Å². The molecule has 1 saturated heterocycles. The van der Waals surface area contributed by atoms with Gasteiger partial charge in [0.05, 0.1) is 6.10 Å². The Bertz CT molecular complexity index is 396. The summed E-state index contributed by atoms with van der Waals surface area (Å²) in [5.41, 5.74) is 4.19. The fourth-order valence-corrected chi connectivity index (χ4v) is 2.11. The van der Waals surface area contributed by atoms with Gasteiger partial charge in [0.2, 0.25) is 5.91 Å². The molecule has 1 heterocycles. The molecule has 2 atom stereocenters. The molecule has 0 aromatic rings. The highest BCUT2D eigenvalue weighted by molar-refractivity contribution is 5.84. The van der Waals surface area contributed by atoms with E-state index in [9.17, 15) is 19.5 Å².